The van der Waals surface area contributed by atoms with Crippen molar-refractivity contribution in [1.29, 1.82) is 0 Å². The van der Waals surface area contributed by atoms with Gasteiger partial charge in [-0.2, -0.15) is 0 Å². The summed E-state index contributed by atoms with van der Waals surface area (Å²) in [5, 5.41) is 10.7. The van der Waals surface area contributed by atoms with Crippen LogP contribution in [0.4, 0.5) is 0 Å². The maximum Gasteiger partial charge on any atom is 0.195 e. The minimum absolute atomic E-state index is 0.0644. The number of phenolic OH excluding ortho intramolecular Hbond substituents is 1. The average Bonchev–Trinajstić information content (AvgIpc) is 3.11. The molecule has 4 rings (SSSR count). The van der Waals surface area contributed by atoms with Gasteiger partial charge >= 0.3 is 0 Å². The fraction of sp³-hybridized carbons (Fsp3) is 0.0870. The molecule has 1 heterocycles. The van der Waals surface area contributed by atoms with Crippen LogP contribution in [-0.2, 0) is 0 Å². The van der Waals surface area contributed by atoms with Gasteiger partial charge in [0.25, 0.3) is 0 Å². The topological polar surface area (TPSA) is 55.8 Å². The van der Waals surface area contributed by atoms with Crippen molar-refractivity contribution in [3.05, 3.63) is 77.9 Å². The molecule has 0 aliphatic rings. The van der Waals surface area contributed by atoms with E-state index in [9.17, 15) is 9.90 Å². The Morgan fingerprint density at radius 1 is 0.857 bits per heavy atom. The Labute approximate surface area is 166 Å². The lowest BCUT2D eigenvalue weighted by molar-refractivity contribution is 0.104. The van der Waals surface area contributed by atoms with Crippen LogP contribution in [0, 0.1) is 0 Å². The molecule has 0 saturated carbocycles. The zero-order chi connectivity index (χ0) is 19.7. The van der Waals surface area contributed by atoms with Crippen LogP contribution in [-0.4, -0.2) is 25.1 Å². The van der Waals surface area contributed by atoms with Crippen molar-refractivity contribution in [2.75, 3.05) is 14.2 Å². The number of benzene rings is 3. The predicted octanol–water partition coefficient (Wildman–Crippen LogP) is 5.52. The van der Waals surface area contributed by atoms with Crippen LogP contribution in [0.25, 0.3) is 20.5 Å². The molecule has 0 radical (unpaired) electrons. The predicted molar refractivity (Wildman–Crippen MR) is 112 cm³/mol. The first-order valence-corrected chi connectivity index (χ1v) is 9.51. The highest BCUT2D eigenvalue weighted by molar-refractivity contribution is 7.22. The minimum atomic E-state index is -0.0644. The number of thiophene rings is 1. The third-order valence-corrected chi connectivity index (χ3v) is 5.81. The molecule has 3 aromatic carbocycles. The molecule has 0 saturated heterocycles. The molecule has 5 heteroatoms. The Kier molecular flexibility index (Phi) is 4.75. The van der Waals surface area contributed by atoms with Crippen LogP contribution >= 0.6 is 11.3 Å². The van der Waals surface area contributed by atoms with Gasteiger partial charge in [-0.3, -0.25) is 4.79 Å². The largest absolute Gasteiger partial charge is 0.508 e. The van der Waals surface area contributed by atoms with Crippen molar-refractivity contribution in [2.24, 2.45) is 0 Å². The third kappa shape index (κ3) is 3.21. The molecule has 140 valence electrons. The molecule has 0 aliphatic heterocycles. The SMILES string of the molecule is COc1ccc(C(=O)c2c(-c3ccc(OC)cc3)sc3cc(O)ccc23)cc1. The minimum Gasteiger partial charge on any atom is -0.508 e. The van der Waals surface area contributed by atoms with Gasteiger partial charge in [0.05, 0.1) is 14.2 Å². The Bertz CT molecular complexity index is 1140. The van der Waals surface area contributed by atoms with Crippen molar-refractivity contribution >= 4 is 27.2 Å². The molecule has 28 heavy (non-hydrogen) atoms. The first-order valence-electron chi connectivity index (χ1n) is 8.69. The molecule has 0 aliphatic carbocycles. The monoisotopic (exact) mass is 390 g/mol. The van der Waals surface area contributed by atoms with Crippen molar-refractivity contribution in [3.8, 4) is 27.7 Å². The Balaban J connectivity index is 1.89. The quantitative estimate of drug-likeness (QED) is 0.456. The van der Waals surface area contributed by atoms with Crippen molar-refractivity contribution in [1.82, 2.24) is 0 Å². The van der Waals surface area contributed by atoms with E-state index < -0.39 is 0 Å². The van der Waals surface area contributed by atoms with E-state index in [0.29, 0.717) is 16.9 Å². The summed E-state index contributed by atoms with van der Waals surface area (Å²) < 4.78 is 11.3. The molecular weight excluding hydrogens is 372 g/mol. The fourth-order valence-electron chi connectivity index (χ4n) is 3.14. The number of phenols is 1. The average molecular weight is 390 g/mol. The molecule has 0 bridgehead atoms. The number of methoxy groups -OCH3 is 2. The van der Waals surface area contributed by atoms with E-state index in [1.807, 2.05) is 24.3 Å². The second-order valence-corrected chi connectivity index (χ2v) is 7.32. The van der Waals surface area contributed by atoms with Gasteiger partial charge in [-0.1, -0.05) is 0 Å². The maximum absolute atomic E-state index is 13.4. The lowest BCUT2D eigenvalue weighted by Gasteiger charge is -2.07. The van der Waals surface area contributed by atoms with E-state index in [4.69, 9.17) is 9.47 Å². The van der Waals surface area contributed by atoms with Gasteiger partial charge in [-0.25, -0.2) is 0 Å². The maximum atomic E-state index is 13.4. The fourth-order valence-corrected chi connectivity index (χ4v) is 4.38. The highest BCUT2D eigenvalue weighted by atomic mass is 32.1. The zero-order valence-electron chi connectivity index (χ0n) is 15.4. The van der Waals surface area contributed by atoms with Crippen LogP contribution in [0.5, 0.6) is 17.2 Å². The van der Waals surface area contributed by atoms with E-state index in [1.165, 1.54) is 11.3 Å². The summed E-state index contributed by atoms with van der Waals surface area (Å²) in [7, 11) is 3.22. The Morgan fingerprint density at radius 3 is 2.07 bits per heavy atom. The normalized spacial score (nSPS) is 10.8. The first kappa shape index (κ1) is 18.1. The number of hydrogen-bond acceptors (Lipinski definition) is 5. The van der Waals surface area contributed by atoms with Crippen molar-refractivity contribution in [2.45, 2.75) is 0 Å². The molecule has 1 N–H and O–H groups in total. The summed E-state index contributed by atoms with van der Waals surface area (Å²) in [4.78, 5) is 14.3. The number of ether oxygens (including phenoxy) is 2. The zero-order valence-corrected chi connectivity index (χ0v) is 16.2. The summed E-state index contributed by atoms with van der Waals surface area (Å²) in [5.41, 5.74) is 2.15. The number of rotatable bonds is 5. The van der Waals surface area contributed by atoms with Crippen molar-refractivity contribution < 1.29 is 19.4 Å². The van der Waals surface area contributed by atoms with Gasteiger partial charge < -0.3 is 14.6 Å². The molecule has 0 amide bonds. The Hall–Kier alpha value is -3.31. The van der Waals surface area contributed by atoms with Gasteiger partial charge in [0.1, 0.15) is 17.2 Å². The lowest BCUT2D eigenvalue weighted by Crippen LogP contribution is -2.02. The van der Waals surface area contributed by atoms with E-state index in [0.717, 1.165) is 26.3 Å². The Morgan fingerprint density at radius 2 is 1.46 bits per heavy atom. The summed E-state index contributed by atoms with van der Waals surface area (Å²) in [6, 6.07) is 19.8. The van der Waals surface area contributed by atoms with Crippen LogP contribution in [0.15, 0.2) is 66.7 Å². The number of hydrogen-bond donors (Lipinski definition) is 1. The van der Waals surface area contributed by atoms with E-state index >= 15 is 0 Å². The third-order valence-electron chi connectivity index (χ3n) is 4.61. The number of aromatic hydroxyl groups is 1. The smallest absolute Gasteiger partial charge is 0.195 e. The van der Waals surface area contributed by atoms with Gasteiger partial charge in [-0.05, 0) is 72.3 Å². The molecule has 0 unspecified atom stereocenters. The van der Waals surface area contributed by atoms with Crippen LogP contribution in [0.1, 0.15) is 15.9 Å². The van der Waals surface area contributed by atoms with Crippen molar-refractivity contribution in [3.63, 3.8) is 0 Å². The van der Waals surface area contributed by atoms with Gasteiger partial charge in [0, 0.05) is 26.1 Å². The van der Waals surface area contributed by atoms with Crippen LogP contribution < -0.4 is 9.47 Å². The second-order valence-electron chi connectivity index (χ2n) is 6.27. The summed E-state index contributed by atoms with van der Waals surface area (Å²) in [6.07, 6.45) is 0. The summed E-state index contributed by atoms with van der Waals surface area (Å²) in [5.74, 6) is 1.57. The molecule has 4 nitrogen and oxygen atoms in total. The van der Waals surface area contributed by atoms with E-state index in [2.05, 4.69) is 0 Å². The van der Waals surface area contributed by atoms with Gasteiger partial charge in [0.2, 0.25) is 0 Å². The van der Waals surface area contributed by atoms with Crippen LogP contribution in [0.2, 0.25) is 0 Å². The highest BCUT2D eigenvalue weighted by Gasteiger charge is 2.22. The first-order chi connectivity index (χ1) is 13.6. The van der Waals surface area contributed by atoms with E-state index in [1.54, 1.807) is 56.7 Å². The summed E-state index contributed by atoms with van der Waals surface area (Å²) >= 11 is 1.49. The molecule has 4 aromatic rings. The van der Waals surface area contributed by atoms with Gasteiger partial charge in [-0.15, -0.1) is 11.3 Å². The number of carbonyl (C=O) groups excluding carboxylic acids is 1. The standard InChI is InChI=1S/C23H18O4S/c1-26-17-8-3-14(4-9-17)22(25)21-19-12-7-16(24)13-20(19)28-23(21)15-5-10-18(27-2)11-6-15/h3-13,24H,1-2H3. The molecule has 0 fully saturated rings. The van der Waals surface area contributed by atoms with Crippen LogP contribution in [0.3, 0.4) is 0 Å². The number of carbonyl (C=O) groups is 1. The van der Waals surface area contributed by atoms with E-state index in [-0.39, 0.29) is 11.5 Å². The molecule has 0 atom stereocenters. The second kappa shape index (κ2) is 7.37. The summed E-state index contributed by atoms with van der Waals surface area (Å²) in [6.45, 7) is 0. The molecular formula is C23H18O4S. The lowest BCUT2D eigenvalue weighted by atomic mass is 9.97. The molecule has 1 aromatic heterocycles. The number of fused-ring (bicyclic) bond motifs is 1. The van der Waals surface area contributed by atoms with Gasteiger partial charge in [0.15, 0.2) is 5.78 Å². The highest BCUT2D eigenvalue weighted by Crippen LogP contribution is 2.41. The number of ketones is 1. The molecule has 0 spiro atoms.